The van der Waals surface area contributed by atoms with Crippen molar-refractivity contribution in [2.45, 2.75) is 6.54 Å². The van der Waals surface area contributed by atoms with E-state index in [2.05, 4.69) is 25.2 Å². The molecule has 1 aliphatic heterocycles. The van der Waals surface area contributed by atoms with Crippen LogP contribution in [0.15, 0.2) is 47.7 Å². The van der Waals surface area contributed by atoms with Crippen molar-refractivity contribution >= 4 is 11.6 Å². The van der Waals surface area contributed by atoms with Crippen LogP contribution in [-0.2, 0) is 6.54 Å². The Balaban J connectivity index is 1.48. The average Bonchev–Trinajstić information content (AvgIpc) is 3.13. The van der Waals surface area contributed by atoms with E-state index in [9.17, 15) is 4.39 Å². The topological polar surface area (TPSA) is 48.7 Å². The van der Waals surface area contributed by atoms with Gasteiger partial charge in [0.2, 0.25) is 0 Å². The maximum atomic E-state index is 13.0. The van der Waals surface area contributed by atoms with Crippen molar-refractivity contribution in [2.75, 3.05) is 44.7 Å². The molecule has 24 heavy (non-hydrogen) atoms. The smallest absolute Gasteiger partial charge is 0.193 e. The second-order valence-corrected chi connectivity index (χ2v) is 5.69. The second kappa shape index (κ2) is 7.81. The van der Waals surface area contributed by atoms with Crippen molar-refractivity contribution in [3.8, 4) is 0 Å². The van der Waals surface area contributed by atoms with E-state index in [1.54, 1.807) is 6.20 Å². The highest BCUT2D eigenvalue weighted by Gasteiger charge is 2.19. The number of nitrogens with zero attached hydrogens (tertiary/aromatic N) is 5. The molecule has 6 nitrogen and oxygen atoms in total. The van der Waals surface area contributed by atoms with Gasteiger partial charge in [0.05, 0.1) is 6.54 Å². The zero-order valence-electron chi connectivity index (χ0n) is 13.9. The molecule has 0 unspecified atom stereocenters. The molecule has 0 saturated carbocycles. The van der Waals surface area contributed by atoms with Crippen LogP contribution in [0.4, 0.5) is 10.1 Å². The molecule has 0 bridgehead atoms. The van der Waals surface area contributed by atoms with E-state index in [0.29, 0.717) is 0 Å². The third-order valence-electron chi connectivity index (χ3n) is 4.17. The molecule has 2 heterocycles. The van der Waals surface area contributed by atoms with E-state index in [1.807, 2.05) is 36.1 Å². The molecule has 0 spiro atoms. The summed E-state index contributed by atoms with van der Waals surface area (Å²) in [7, 11) is 1.81. The SMILES string of the molecule is CN=C(NCCn1cccn1)N1CCN(c2ccc(F)cc2)CC1. The van der Waals surface area contributed by atoms with Crippen LogP contribution in [0.1, 0.15) is 0 Å². The molecule has 1 fully saturated rings. The van der Waals surface area contributed by atoms with Gasteiger partial charge in [0.1, 0.15) is 5.82 Å². The highest BCUT2D eigenvalue weighted by atomic mass is 19.1. The normalized spacial score (nSPS) is 15.7. The number of aromatic nitrogens is 2. The molecule has 0 aliphatic carbocycles. The standard InChI is InChI=1S/C17H23FN6/c1-19-17(20-8-10-24-9-2-7-21-24)23-13-11-22(12-14-23)16-5-3-15(18)4-6-16/h2-7,9H,8,10-14H2,1H3,(H,19,20). The lowest BCUT2D eigenvalue weighted by Crippen LogP contribution is -2.52. The number of hydrogen-bond acceptors (Lipinski definition) is 3. The number of rotatable bonds is 4. The molecule has 1 N–H and O–H groups in total. The predicted octanol–water partition coefficient (Wildman–Crippen LogP) is 1.42. The minimum atomic E-state index is -0.195. The van der Waals surface area contributed by atoms with Gasteiger partial charge in [-0.3, -0.25) is 9.67 Å². The largest absolute Gasteiger partial charge is 0.368 e. The van der Waals surface area contributed by atoms with Crippen LogP contribution in [0.3, 0.4) is 0 Å². The van der Waals surface area contributed by atoms with Crippen LogP contribution in [0.25, 0.3) is 0 Å². The van der Waals surface area contributed by atoms with Gasteiger partial charge in [-0.1, -0.05) is 0 Å². The molecule has 1 aliphatic rings. The van der Waals surface area contributed by atoms with Crippen LogP contribution in [0, 0.1) is 5.82 Å². The Labute approximate surface area is 141 Å². The lowest BCUT2D eigenvalue weighted by Gasteiger charge is -2.37. The minimum Gasteiger partial charge on any atom is -0.368 e. The molecular weight excluding hydrogens is 307 g/mol. The third-order valence-corrected chi connectivity index (χ3v) is 4.17. The van der Waals surface area contributed by atoms with Crippen molar-refractivity contribution in [3.63, 3.8) is 0 Å². The second-order valence-electron chi connectivity index (χ2n) is 5.69. The van der Waals surface area contributed by atoms with Gasteiger partial charge < -0.3 is 15.1 Å². The highest BCUT2D eigenvalue weighted by Crippen LogP contribution is 2.16. The van der Waals surface area contributed by atoms with Crippen molar-refractivity contribution in [1.29, 1.82) is 0 Å². The van der Waals surface area contributed by atoms with Gasteiger partial charge in [0.25, 0.3) is 0 Å². The first-order chi connectivity index (χ1) is 11.8. The maximum Gasteiger partial charge on any atom is 0.193 e. The van der Waals surface area contributed by atoms with Crippen LogP contribution < -0.4 is 10.2 Å². The first kappa shape index (κ1) is 16.3. The van der Waals surface area contributed by atoms with Crippen LogP contribution in [0.2, 0.25) is 0 Å². The van der Waals surface area contributed by atoms with Crippen LogP contribution in [-0.4, -0.2) is 60.4 Å². The molecule has 3 rings (SSSR count). The van der Waals surface area contributed by atoms with E-state index < -0.39 is 0 Å². The number of piperazine rings is 1. The molecule has 7 heteroatoms. The summed E-state index contributed by atoms with van der Waals surface area (Å²) in [5.41, 5.74) is 1.07. The molecule has 1 saturated heterocycles. The molecule has 1 aromatic carbocycles. The van der Waals surface area contributed by atoms with E-state index in [1.165, 1.54) is 12.1 Å². The fraction of sp³-hybridized carbons (Fsp3) is 0.412. The number of nitrogens with one attached hydrogen (secondary N) is 1. The van der Waals surface area contributed by atoms with Gasteiger partial charge in [-0.25, -0.2) is 4.39 Å². The zero-order chi connectivity index (χ0) is 16.8. The number of halogens is 1. The van der Waals surface area contributed by atoms with Gasteiger partial charge in [-0.15, -0.1) is 0 Å². The summed E-state index contributed by atoms with van der Waals surface area (Å²) in [6.07, 6.45) is 3.73. The predicted molar refractivity (Wildman–Crippen MR) is 93.8 cm³/mol. The lowest BCUT2D eigenvalue weighted by atomic mass is 10.2. The number of hydrogen-bond donors (Lipinski definition) is 1. The Kier molecular flexibility index (Phi) is 5.30. The Morgan fingerprint density at radius 2 is 1.96 bits per heavy atom. The highest BCUT2D eigenvalue weighted by molar-refractivity contribution is 5.80. The van der Waals surface area contributed by atoms with E-state index in [4.69, 9.17) is 0 Å². The average molecular weight is 330 g/mol. The van der Waals surface area contributed by atoms with Crippen molar-refractivity contribution in [2.24, 2.45) is 4.99 Å². The molecule has 1 aromatic heterocycles. The van der Waals surface area contributed by atoms with E-state index in [-0.39, 0.29) is 5.82 Å². The summed E-state index contributed by atoms with van der Waals surface area (Å²) in [5.74, 6) is 0.722. The number of aliphatic imine (C=N–C) groups is 1. The summed E-state index contributed by atoms with van der Waals surface area (Å²) in [5, 5.41) is 7.58. The molecule has 0 atom stereocenters. The van der Waals surface area contributed by atoms with Gasteiger partial charge in [-0.2, -0.15) is 5.10 Å². The Bertz CT molecular complexity index is 644. The van der Waals surface area contributed by atoms with E-state index in [0.717, 1.165) is 50.9 Å². The fourth-order valence-corrected chi connectivity index (χ4v) is 2.88. The van der Waals surface area contributed by atoms with Crippen molar-refractivity contribution in [1.82, 2.24) is 20.0 Å². The fourth-order valence-electron chi connectivity index (χ4n) is 2.88. The Morgan fingerprint density at radius 3 is 2.58 bits per heavy atom. The Morgan fingerprint density at radius 1 is 1.21 bits per heavy atom. The van der Waals surface area contributed by atoms with Gasteiger partial charge in [0.15, 0.2) is 5.96 Å². The van der Waals surface area contributed by atoms with Gasteiger partial charge in [0, 0.05) is 57.9 Å². The maximum absolute atomic E-state index is 13.0. The van der Waals surface area contributed by atoms with Crippen molar-refractivity contribution in [3.05, 3.63) is 48.5 Å². The number of benzene rings is 1. The molecule has 128 valence electrons. The first-order valence-electron chi connectivity index (χ1n) is 8.20. The zero-order valence-corrected chi connectivity index (χ0v) is 13.9. The summed E-state index contributed by atoms with van der Waals surface area (Å²) in [4.78, 5) is 8.90. The monoisotopic (exact) mass is 330 g/mol. The summed E-state index contributed by atoms with van der Waals surface area (Å²) < 4.78 is 14.9. The molecule has 2 aromatic rings. The van der Waals surface area contributed by atoms with Gasteiger partial charge in [-0.05, 0) is 30.3 Å². The molecular formula is C17H23FN6. The third kappa shape index (κ3) is 4.04. The molecule has 0 radical (unpaired) electrons. The quantitative estimate of drug-likeness (QED) is 0.680. The lowest BCUT2D eigenvalue weighted by molar-refractivity contribution is 0.371. The van der Waals surface area contributed by atoms with E-state index >= 15 is 0 Å². The summed E-state index contributed by atoms with van der Waals surface area (Å²) in [6.45, 7) is 5.16. The first-order valence-corrected chi connectivity index (χ1v) is 8.20. The minimum absolute atomic E-state index is 0.195. The van der Waals surface area contributed by atoms with Gasteiger partial charge >= 0.3 is 0 Å². The van der Waals surface area contributed by atoms with Crippen LogP contribution in [0.5, 0.6) is 0 Å². The molecule has 0 amide bonds. The van der Waals surface area contributed by atoms with Crippen LogP contribution >= 0.6 is 0 Å². The van der Waals surface area contributed by atoms with Crippen molar-refractivity contribution < 1.29 is 4.39 Å². The summed E-state index contributed by atoms with van der Waals surface area (Å²) in [6, 6.07) is 8.61. The number of guanidine groups is 1. The Hall–Kier alpha value is -2.57. The number of anilines is 1. The summed E-state index contributed by atoms with van der Waals surface area (Å²) >= 11 is 0.